The lowest BCUT2D eigenvalue weighted by Gasteiger charge is -2.20. The van der Waals surface area contributed by atoms with E-state index >= 15 is 0 Å². The van der Waals surface area contributed by atoms with Gasteiger partial charge in [0.1, 0.15) is 24.7 Å². The van der Waals surface area contributed by atoms with Gasteiger partial charge in [-0.15, -0.1) is 0 Å². The molecule has 2 heterocycles. The molecule has 7 heteroatoms. The van der Waals surface area contributed by atoms with Gasteiger partial charge >= 0.3 is 5.97 Å². The van der Waals surface area contributed by atoms with Crippen LogP contribution in [-0.4, -0.2) is 34.6 Å². The average Bonchev–Trinajstić information content (AvgIpc) is 2.88. The summed E-state index contributed by atoms with van der Waals surface area (Å²) < 4.78 is 15.5. The summed E-state index contributed by atoms with van der Waals surface area (Å²) in [7, 11) is 0. The normalized spacial score (nSPS) is 13.3. The highest BCUT2D eigenvalue weighted by Gasteiger charge is 2.24. The monoisotopic (exact) mass is 263 g/mol. The minimum atomic E-state index is -1.24. The largest absolute Gasteiger partial charge is 0.507 e. The first-order valence-electron chi connectivity index (χ1n) is 5.49. The van der Waals surface area contributed by atoms with Crippen LogP contribution >= 0.6 is 0 Å². The number of carboxylic acid groups (broad SMARTS) is 1. The summed E-state index contributed by atoms with van der Waals surface area (Å²) in [6, 6.07) is 4.22. The van der Waals surface area contributed by atoms with Crippen molar-refractivity contribution in [3.05, 3.63) is 24.0 Å². The first kappa shape index (κ1) is 11.4. The van der Waals surface area contributed by atoms with Crippen LogP contribution in [0.4, 0.5) is 0 Å². The van der Waals surface area contributed by atoms with Gasteiger partial charge in [0.15, 0.2) is 11.5 Å². The molecule has 3 rings (SSSR count). The number of hydrogen-bond acceptors (Lipinski definition) is 6. The van der Waals surface area contributed by atoms with Crippen LogP contribution in [0.5, 0.6) is 17.2 Å². The Morgan fingerprint density at radius 2 is 2.05 bits per heavy atom. The van der Waals surface area contributed by atoms with Crippen molar-refractivity contribution in [1.29, 1.82) is 0 Å². The molecule has 1 aliphatic heterocycles. The van der Waals surface area contributed by atoms with Crippen LogP contribution in [0.2, 0.25) is 0 Å². The number of phenolic OH excluding ortho intramolecular Hbond substituents is 1. The van der Waals surface area contributed by atoms with Gasteiger partial charge in [0, 0.05) is 6.07 Å². The van der Waals surface area contributed by atoms with E-state index in [1.54, 1.807) is 6.07 Å². The van der Waals surface area contributed by atoms with Gasteiger partial charge in [-0.1, -0.05) is 5.16 Å². The fourth-order valence-electron chi connectivity index (χ4n) is 1.85. The molecule has 1 aromatic carbocycles. The number of carboxylic acids is 1. The van der Waals surface area contributed by atoms with Crippen LogP contribution in [0.15, 0.2) is 22.7 Å². The first-order chi connectivity index (χ1) is 9.16. The zero-order chi connectivity index (χ0) is 13.4. The van der Waals surface area contributed by atoms with E-state index in [1.165, 1.54) is 12.1 Å². The van der Waals surface area contributed by atoms with E-state index in [0.29, 0.717) is 24.7 Å². The van der Waals surface area contributed by atoms with E-state index in [0.717, 1.165) is 0 Å². The number of aromatic hydroxyl groups is 1. The van der Waals surface area contributed by atoms with Gasteiger partial charge in [0.2, 0.25) is 5.76 Å². The lowest BCUT2D eigenvalue weighted by Crippen LogP contribution is -2.15. The third-order valence-corrected chi connectivity index (χ3v) is 2.66. The third-order valence-electron chi connectivity index (χ3n) is 2.66. The highest BCUT2D eigenvalue weighted by molar-refractivity contribution is 5.87. The zero-order valence-corrected chi connectivity index (χ0v) is 9.62. The Morgan fingerprint density at radius 1 is 1.26 bits per heavy atom. The number of aromatic nitrogens is 1. The van der Waals surface area contributed by atoms with Crippen LogP contribution in [0, 0.1) is 0 Å². The van der Waals surface area contributed by atoms with Gasteiger partial charge in [0.25, 0.3) is 0 Å². The molecular formula is C12H9NO6. The zero-order valence-electron chi connectivity index (χ0n) is 9.62. The second-order valence-corrected chi connectivity index (χ2v) is 3.87. The quantitative estimate of drug-likeness (QED) is 0.846. The van der Waals surface area contributed by atoms with Gasteiger partial charge in [-0.2, -0.15) is 0 Å². The second kappa shape index (κ2) is 4.20. The van der Waals surface area contributed by atoms with Crippen molar-refractivity contribution in [2.75, 3.05) is 13.2 Å². The van der Waals surface area contributed by atoms with Crippen molar-refractivity contribution < 1.29 is 29.0 Å². The van der Waals surface area contributed by atoms with Crippen LogP contribution in [-0.2, 0) is 0 Å². The Bertz CT molecular complexity index is 648. The molecule has 0 saturated heterocycles. The number of fused-ring (bicyclic) bond motifs is 1. The highest BCUT2D eigenvalue weighted by Crippen LogP contribution is 2.44. The predicted molar refractivity (Wildman–Crippen MR) is 61.6 cm³/mol. The third kappa shape index (κ3) is 1.85. The summed E-state index contributed by atoms with van der Waals surface area (Å²) in [5.74, 6) is -0.839. The maximum atomic E-state index is 10.8. The van der Waals surface area contributed by atoms with Crippen molar-refractivity contribution in [3.8, 4) is 28.5 Å². The van der Waals surface area contributed by atoms with Gasteiger partial charge in [0.05, 0.1) is 5.56 Å². The topological polar surface area (TPSA) is 102 Å². The van der Waals surface area contributed by atoms with E-state index in [9.17, 15) is 9.90 Å². The van der Waals surface area contributed by atoms with E-state index in [1.807, 2.05) is 0 Å². The first-order valence-corrected chi connectivity index (χ1v) is 5.49. The maximum absolute atomic E-state index is 10.8. The number of hydrogen-bond donors (Lipinski definition) is 2. The Hall–Kier alpha value is -2.70. The van der Waals surface area contributed by atoms with E-state index in [2.05, 4.69) is 9.68 Å². The number of nitrogens with zero attached hydrogens (tertiary/aromatic N) is 1. The molecule has 0 saturated carbocycles. The molecular weight excluding hydrogens is 254 g/mol. The van der Waals surface area contributed by atoms with Crippen molar-refractivity contribution in [3.63, 3.8) is 0 Å². The minimum Gasteiger partial charge on any atom is -0.507 e. The van der Waals surface area contributed by atoms with E-state index in [-0.39, 0.29) is 22.8 Å². The lowest BCUT2D eigenvalue weighted by atomic mass is 10.1. The molecule has 1 aromatic heterocycles. The summed E-state index contributed by atoms with van der Waals surface area (Å²) in [6.45, 7) is 0.753. The van der Waals surface area contributed by atoms with Gasteiger partial charge in [-0.05, 0) is 12.1 Å². The standard InChI is InChI=1S/C12H9NO6/c14-7-1-2-8-11(18-4-3-17-8)10(7)6-5-9(12(15)16)19-13-6/h1-2,5,14H,3-4H2,(H,15,16). The maximum Gasteiger partial charge on any atom is 0.374 e. The molecule has 98 valence electrons. The highest BCUT2D eigenvalue weighted by atomic mass is 16.6. The number of ether oxygens (including phenoxy) is 2. The predicted octanol–water partition coefficient (Wildman–Crippen LogP) is 1.52. The Balaban J connectivity index is 2.15. The van der Waals surface area contributed by atoms with Crippen LogP contribution in [0.25, 0.3) is 11.3 Å². The van der Waals surface area contributed by atoms with Gasteiger partial charge in [-0.3, -0.25) is 0 Å². The summed E-state index contributed by atoms with van der Waals surface area (Å²) in [5, 5.41) is 22.3. The summed E-state index contributed by atoms with van der Waals surface area (Å²) in [4.78, 5) is 10.8. The van der Waals surface area contributed by atoms with Crippen LogP contribution < -0.4 is 9.47 Å². The van der Waals surface area contributed by atoms with Gasteiger partial charge in [-0.25, -0.2) is 4.79 Å². The fourth-order valence-corrected chi connectivity index (χ4v) is 1.85. The molecule has 0 bridgehead atoms. The van der Waals surface area contributed by atoms with Crippen molar-refractivity contribution in [2.45, 2.75) is 0 Å². The van der Waals surface area contributed by atoms with E-state index < -0.39 is 5.97 Å². The van der Waals surface area contributed by atoms with Crippen molar-refractivity contribution >= 4 is 5.97 Å². The summed E-state index contributed by atoms with van der Waals surface area (Å²) in [6.07, 6.45) is 0. The molecule has 1 aliphatic rings. The smallest absolute Gasteiger partial charge is 0.374 e. The van der Waals surface area contributed by atoms with Gasteiger partial charge < -0.3 is 24.2 Å². The lowest BCUT2D eigenvalue weighted by molar-refractivity contribution is 0.0652. The molecule has 19 heavy (non-hydrogen) atoms. The molecule has 2 N–H and O–H groups in total. The molecule has 0 unspecified atom stereocenters. The minimum absolute atomic E-state index is 0.0884. The number of phenols is 1. The SMILES string of the molecule is O=C(O)c1cc(-c2c(O)ccc3c2OCCO3)no1. The van der Waals surface area contributed by atoms with Crippen LogP contribution in [0.3, 0.4) is 0 Å². The Kier molecular flexibility index (Phi) is 2.52. The molecule has 0 spiro atoms. The molecule has 0 atom stereocenters. The Labute approximate surface area is 107 Å². The molecule has 0 fully saturated rings. The Morgan fingerprint density at radius 3 is 2.79 bits per heavy atom. The molecule has 7 nitrogen and oxygen atoms in total. The summed E-state index contributed by atoms with van der Waals surface area (Å²) in [5.41, 5.74) is 0.436. The fraction of sp³-hybridized carbons (Fsp3) is 0.167. The molecule has 2 aromatic rings. The summed E-state index contributed by atoms with van der Waals surface area (Å²) >= 11 is 0. The van der Waals surface area contributed by atoms with E-state index in [4.69, 9.17) is 14.6 Å². The number of rotatable bonds is 2. The number of benzene rings is 1. The van der Waals surface area contributed by atoms with Crippen molar-refractivity contribution in [2.24, 2.45) is 0 Å². The van der Waals surface area contributed by atoms with Crippen molar-refractivity contribution in [1.82, 2.24) is 5.16 Å². The second-order valence-electron chi connectivity index (χ2n) is 3.87. The molecule has 0 aliphatic carbocycles. The number of aromatic carboxylic acids is 1. The molecule has 0 radical (unpaired) electrons. The number of carbonyl (C=O) groups is 1. The molecule has 0 amide bonds. The van der Waals surface area contributed by atoms with Crippen LogP contribution in [0.1, 0.15) is 10.6 Å². The average molecular weight is 263 g/mol.